The van der Waals surface area contributed by atoms with E-state index in [1.54, 1.807) is 11.3 Å². The summed E-state index contributed by atoms with van der Waals surface area (Å²) >= 11 is 13.4. The molecular weight excluding hydrogens is 356 g/mol. The van der Waals surface area contributed by atoms with Gasteiger partial charge in [-0.2, -0.15) is 0 Å². The molecule has 0 aliphatic heterocycles. The molecule has 0 saturated heterocycles. The molecule has 0 bridgehead atoms. The first-order valence-electron chi connectivity index (χ1n) is 7.56. The fourth-order valence-corrected chi connectivity index (χ4v) is 3.66. The zero-order valence-corrected chi connectivity index (χ0v) is 15.5. The summed E-state index contributed by atoms with van der Waals surface area (Å²) in [6.45, 7) is 1.97. The number of nitrogens with one attached hydrogen (secondary N) is 2. The molecule has 3 rings (SSSR count). The van der Waals surface area contributed by atoms with Crippen LogP contribution >= 0.6 is 35.2 Å². The lowest BCUT2D eigenvalue weighted by molar-refractivity contribution is 0.784. The van der Waals surface area contributed by atoms with Gasteiger partial charge in [-0.15, -0.1) is 11.3 Å². The van der Waals surface area contributed by atoms with E-state index in [2.05, 4.69) is 40.3 Å². The van der Waals surface area contributed by atoms with Gasteiger partial charge < -0.3 is 10.6 Å². The van der Waals surface area contributed by atoms with Crippen LogP contribution in [0.2, 0.25) is 5.02 Å². The summed E-state index contributed by atoms with van der Waals surface area (Å²) in [4.78, 5) is 1.22. The molecular formula is C19H17ClN2S2. The number of anilines is 1. The van der Waals surface area contributed by atoms with Crippen molar-refractivity contribution in [3.8, 4) is 0 Å². The zero-order valence-electron chi connectivity index (χ0n) is 13.1. The van der Waals surface area contributed by atoms with Gasteiger partial charge in [0.2, 0.25) is 0 Å². The standard InChI is InChI=1S/C19H17ClN2S2/c1-13-15(20)9-5-10-16(13)21-19(23)22-18(17-11-6-12-24-17)14-7-3-2-4-8-14/h2-12,18H,1H3,(H2,21,22,23)/t18-/m0/s1. The average molecular weight is 373 g/mol. The largest absolute Gasteiger partial charge is 0.351 e. The van der Waals surface area contributed by atoms with Gasteiger partial charge in [-0.1, -0.05) is 54.1 Å². The fraction of sp³-hybridized carbons (Fsp3) is 0.105. The summed E-state index contributed by atoms with van der Waals surface area (Å²) < 4.78 is 0. The molecule has 0 amide bonds. The van der Waals surface area contributed by atoms with E-state index in [0.717, 1.165) is 16.3 Å². The molecule has 0 unspecified atom stereocenters. The van der Waals surface area contributed by atoms with E-state index in [0.29, 0.717) is 5.11 Å². The maximum Gasteiger partial charge on any atom is 0.171 e. The molecule has 0 aliphatic carbocycles. The van der Waals surface area contributed by atoms with Gasteiger partial charge in [-0.3, -0.25) is 0 Å². The monoisotopic (exact) mass is 372 g/mol. The Bertz CT molecular complexity index is 817. The molecule has 0 radical (unpaired) electrons. The van der Waals surface area contributed by atoms with Crippen molar-refractivity contribution < 1.29 is 0 Å². The molecule has 2 aromatic carbocycles. The molecule has 0 spiro atoms. The van der Waals surface area contributed by atoms with Gasteiger partial charge in [0.15, 0.2) is 5.11 Å². The summed E-state index contributed by atoms with van der Waals surface area (Å²) in [5.41, 5.74) is 3.07. The number of hydrogen-bond donors (Lipinski definition) is 2. The predicted molar refractivity (Wildman–Crippen MR) is 108 cm³/mol. The Morgan fingerprint density at radius 1 is 1.04 bits per heavy atom. The summed E-state index contributed by atoms with van der Waals surface area (Å²) in [6.07, 6.45) is 0. The Morgan fingerprint density at radius 2 is 1.83 bits per heavy atom. The van der Waals surface area contributed by atoms with E-state index >= 15 is 0 Å². The van der Waals surface area contributed by atoms with Gasteiger partial charge in [-0.05, 0) is 53.8 Å². The van der Waals surface area contributed by atoms with Crippen LogP contribution in [0, 0.1) is 6.92 Å². The van der Waals surface area contributed by atoms with Crippen LogP contribution < -0.4 is 10.6 Å². The SMILES string of the molecule is Cc1c(Cl)cccc1NC(=S)N[C@@H](c1ccccc1)c1cccs1. The fourth-order valence-electron chi connectivity index (χ4n) is 2.45. The molecule has 1 atom stereocenters. The highest BCUT2D eigenvalue weighted by atomic mass is 35.5. The number of halogens is 1. The van der Waals surface area contributed by atoms with Crippen LogP contribution in [0.1, 0.15) is 22.0 Å². The van der Waals surface area contributed by atoms with Crippen LogP contribution in [0.5, 0.6) is 0 Å². The lowest BCUT2D eigenvalue weighted by Crippen LogP contribution is -2.32. The second kappa shape index (κ2) is 7.79. The lowest BCUT2D eigenvalue weighted by atomic mass is 10.1. The molecule has 24 heavy (non-hydrogen) atoms. The van der Waals surface area contributed by atoms with Crippen LogP contribution in [-0.2, 0) is 0 Å². The highest BCUT2D eigenvalue weighted by molar-refractivity contribution is 7.80. The molecule has 1 aromatic heterocycles. The van der Waals surface area contributed by atoms with Gasteiger partial charge in [0.1, 0.15) is 0 Å². The molecule has 5 heteroatoms. The Morgan fingerprint density at radius 3 is 2.54 bits per heavy atom. The van der Waals surface area contributed by atoms with Crippen LogP contribution in [0.15, 0.2) is 66.0 Å². The van der Waals surface area contributed by atoms with Crippen molar-refractivity contribution in [2.24, 2.45) is 0 Å². The van der Waals surface area contributed by atoms with E-state index < -0.39 is 0 Å². The van der Waals surface area contributed by atoms with Crippen molar-refractivity contribution >= 4 is 46.0 Å². The highest BCUT2D eigenvalue weighted by Crippen LogP contribution is 2.27. The molecule has 2 N–H and O–H groups in total. The zero-order chi connectivity index (χ0) is 16.9. The minimum Gasteiger partial charge on any atom is -0.351 e. The first-order valence-corrected chi connectivity index (χ1v) is 9.22. The predicted octanol–water partition coefficient (Wildman–Crippen LogP) is 5.79. The summed E-state index contributed by atoms with van der Waals surface area (Å²) in [6, 6.07) is 20.2. The van der Waals surface area contributed by atoms with Crippen molar-refractivity contribution in [3.63, 3.8) is 0 Å². The molecule has 0 aliphatic rings. The van der Waals surface area contributed by atoms with E-state index in [1.807, 2.05) is 43.3 Å². The smallest absolute Gasteiger partial charge is 0.171 e. The van der Waals surface area contributed by atoms with Crippen molar-refractivity contribution in [3.05, 3.63) is 87.1 Å². The normalized spacial score (nSPS) is 11.8. The van der Waals surface area contributed by atoms with Crippen molar-refractivity contribution in [2.75, 3.05) is 5.32 Å². The average Bonchev–Trinajstić information content (AvgIpc) is 3.12. The maximum atomic E-state index is 6.18. The Kier molecular flexibility index (Phi) is 5.51. The topological polar surface area (TPSA) is 24.1 Å². The molecule has 122 valence electrons. The minimum absolute atomic E-state index is 0.0192. The van der Waals surface area contributed by atoms with E-state index in [1.165, 1.54) is 10.4 Å². The number of rotatable bonds is 4. The van der Waals surface area contributed by atoms with E-state index in [9.17, 15) is 0 Å². The quantitative estimate of drug-likeness (QED) is 0.567. The van der Waals surface area contributed by atoms with Crippen molar-refractivity contribution in [2.45, 2.75) is 13.0 Å². The van der Waals surface area contributed by atoms with Crippen molar-refractivity contribution in [1.29, 1.82) is 0 Å². The Labute approximate surface area is 156 Å². The van der Waals surface area contributed by atoms with Crippen LogP contribution in [0.25, 0.3) is 0 Å². The molecule has 1 heterocycles. The summed E-state index contributed by atoms with van der Waals surface area (Å²) in [7, 11) is 0. The third kappa shape index (κ3) is 3.96. The number of hydrogen-bond acceptors (Lipinski definition) is 2. The number of benzene rings is 2. The third-order valence-electron chi connectivity index (χ3n) is 3.75. The first kappa shape index (κ1) is 17.0. The van der Waals surface area contributed by atoms with Gasteiger partial charge in [-0.25, -0.2) is 0 Å². The van der Waals surface area contributed by atoms with Crippen LogP contribution in [0.3, 0.4) is 0 Å². The highest BCUT2D eigenvalue weighted by Gasteiger charge is 2.16. The van der Waals surface area contributed by atoms with E-state index in [4.69, 9.17) is 23.8 Å². The van der Waals surface area contributed by atoms with Crippen molar-refractivity contribution in [1.82, 2.24) is 5.32 Å². The van der Waals surface area contributed by atoms with E-state index in [-0.39, 0.29) is 6.04 Å². The minimum atomic E-state index is 0.0192. The first-order chi connectivity index (χ1) is 11.6. The van der Waals surface area contributed by atoms with Gasteiger partial charge in [0.25, 0.3) is 0 Å². The third-order valence-corrected chi connectivity index (χ3v) is 5.32. The molecule has 3 aromatic rings. The second-order valence-corrected chi connectivity index (χ2v) is 7.16. The van der Waals surface area contributed by atoms with Gasteiger partial charge in [0, 0.05) is 15.6 Å². The van der Waals surface area contributed by atoms with Gasteiger partial charge in [0.05, 0.1) is 6.04 Å². The Hall–Kier alpha value is -1.88. The molecule has 2 nitrogen and oxygen atoms in total. The number of thiocarbonyl (C=S) groups is 1. The Balaban J connectivity index is 1.80. The van der Waals surface area contributed by atoms with Gasteiger partial charge >= 0.3 is 0 Å². The molecule has 0 fully saturated rings. The van der Waals surface area contributed by atoms with Crippen LogP contribution in [-0.4, -0.2) is 5.11 Å². The second-order valence-electron chi connectivity index (χ2n) is 5.37. The number of thiophene rings is 1. The lowest BCUT2D eigenvalue weighted by Gasteiger charge is -2.21. The summed E-state index contributed by atoms with van der Waals surface area (Å²) in [5.74, 6) is 0. The summed E-state index contributed by atoms with van der Waals surface area (Å²) in [5, 5.41) is 10.0. The molecule has 0 saturated carbocycles. The van der Waals surface area contributed by atoms with Crippen LogP contribution in [0.4, 0.5) is 5.69 Å². The maximum absolute atomic E-state index is 6.18.